The Morgan fingerprint density at radius 1 is 1.43 bits per heavy atom. The highest BCUT2D eigenvalue weighted by Gasteiger charge is 2.05. The van der Waals surface area contributed by atoms with Crippen LogP contribution in [0.15, 0.2) is 0 Å². The minimum absolute atomic E-state index is 0.120. The molecule has 0 fully saturated rings. The van der Waals surface area contributed by atoms with E-state index in [9.17, 15) is 0 Å². The van der Waals surface area contributed by atoms with Crippen molar-refractivity contribution < 1.29 is 0 Å². The normalized spacial score (nSPS) is 11.4. The van der Waals surface area contributed by atoms with Gasteiger partial charge in [-0.1, -0.05) is 0 Å². The number of hydrogen-bond donors (Lipinski definition) is 2. The smallest absolute Gasteiger partial charge is 0.304 e. The van der Waals surface area contributed by atoms with Gasteiger partial charge in [-0.15, -0.1) is 0 Å². The molecule has 3 heteroatoms. The van der Waals surface area contributed by atoms with Crippen molar-refractivity contribution in [3.63, 3.8) is 0 Å². The van der Waals surface area contributed by atoms with E-state index in [1.54, 1.807) is 0 Å². The first-order chi connectivity index (χ1) is 3.06. The van der Waals surface area contributed by atoms with E-state index in [2.05, 4.69) is 26.0 Å². The van der Waals surface area contributed by atoms with Gasteiger partial charge in [0.2, 0.25) is 0 Å². The lowest BCUT2D eigenvalue weighted by Gasteiger charge is -2.17. The maximum absolute atomic E-state index is 5.08. The third kappa shape index (κ3) is 5.98. The van der Waals surface area contributed by atoms with Crippen LogP contribution in [0.1, 0.15) is 20.8 Å². The second-order valence-corrected chi connectivity index (χ2v) is 2.56. The lowest BCUT2D eigenvalue weighted by atomic mass is 10.0. The van der Waals surface area contributed by atoms with E-state index in [-0.39, 0.29) is 5.54 Å². The molecule has 0 saturated carbocycles. The Kier molecular flexibility index (Phi) is 2.33. The van der Waals surface area contributed by atoms with Gasteiger partial charge in [0.25, 0.3) is 0 Å². The predicted octanol–water partition coefficient (Wildman–Crippen LogP) is -0.133. The summed E-state index contributed by atoms with van der Waals surface area (Å²) in [5.74, 6) is 0. The fourth-order valence-electron chi connectivity index (χ4n) is 0.250. The Morgan fingerprint density at radius 3 is 1.86 bits per heavy atom. The van der Waals surface area contributed by atoms with Crippen molar-refractivity contribution in [3.05, 3.63) is 0 Å². The van der Waals surface area contributed by atoms with Crippen LogP contribution in [0.5, 0.6) is 0 Å². The molecule has 41 valence electrons. The van der Waals surface area contributed by atoms with Crippen molar-refractivity contribution in [1.82, 2.24) is 5.23 Å². The van der Waals surface area contributed by atoms with Crippen LogP contribution in [0.4, 0.5) is 0 Å². The molecule has 0 amide bonds. The molecule has 1 radical (unpaired) electrons. The summed E-state index contributed by atoms with van der Waals surface area (Å²) >= 11 is 0. The maximum Gasteiger partial charge on any atom is 0.304 e. The summed E-state index contributed by atoms with van der Waals surface area (Å²) in [6.07, 6.45) is 0. The molecule has 0 atom stereocenters. The van der Waals surface area contributed by atoms with Gasteiger partial charge >= 0.3 is 7.55 Å². The van der Waals surface area contributed by atoms with Gasteiger partial charge in [-0.3, -0.25) is 0 Å². The maximum atomic E-state index is 5.08. The van der Waals surface area contributed by atoms with Crippen LogP contribution < -0.4 is 10.9 Å². The molecule has 0 unspecified atom stereocenters. The molecule has 0 saturated heterocycles. The Balaban J connectivity index is 3.15. The van der Waals surface area contributed by atoms with Crippen LogP contribution in [-0.4, -0.2) is 13.1 Å². The SMILES string of the molecule is CC(C)(C)N[B]N. The van der Waals surface area contributed by atoms with Gasteiger partial charge in [0.1, 0.15) is 0 Å². The zero-order chi connectivity index (χ0) is 5.91. The van der Waals surface area contributed by atoms with Crippen molar-refractivity contribution in [2.75, 3.05) is 0 Å². The zero-order valence-electron chi connectivity index (χ0n) is 5.15. The second kappa shape index (κ2) is 2.33. The summed E-state index contributed by atoms with van der Waals surface area (Å²) < 4.78 is 0. The Bertz CT molecular complexity index is 48.1. The molecule has 0 aromatic heterocycles. The molecular weight excluding hydrogens is 86.9 g/mol. The highest BCUT2D eigenvalue weighted by atomic mass is 14.9. The zero-order valence-corrected chi connectivity index (χ0v) is 5.15. The molecule has 0 rings (SSSR count). The van der Waals surface area contributed by atoms with Gasteiger partial charge in [-0.25, -0.2) is 0 Å². The lowest BCUT2D eigenvalue weighted by molar-refractivity contribution is 0.523. The second-order valence-electron chi connectivity index (χ2n) is 2.56. The van der Waals surface area contributed by atoms with Gasteiger partial charge < -0.3 is 10.9 Å². The Labute approximate surface area is 45.8 Å². The topological polar surface area (TPSA) is 38.0 Å². The molecule has 0 aromatic rings. The Morgan fingerprint density at radius 2 is 1.86 bits per heavy atom. The van der Waals surface area contributed by atoms with E-state index >= 15 is 0 Å². The average Bonchev–Trinajstić information content (AvgIpc) is 1.30. The van der Waals surface area contributed by atoms with Crippen LogP contribution in [0.2, 0.25) is 0 Å². The van der Waals surface area contributed by atoms with Gasteiger partial charge in [0.15, 0.2) is 0 Å². The van der Waals surface area contributed by atoms with Crippen LogP contribution in [0, 0.1) is 0 Å². The summed E-state index contributed by atoms with van der Waals surface area (Å²) in [5, 5.41) is 2.94. The number of rotatable bonds is 1. The number of nitrogens with two attached hydrogens (primary N) is 1. The van der Waals surface area contributed by atoms with Crippen molar-refractivity contribution in [2.24, 2.45) is 5.64 Å². The van der Waals surface area contributed by atoms with Gasteiger partial charge in [0, 0.05) is 5.54 Å². The molecule has 3 N–H and O–H groups in total. The molecule has 0 bridgehead atoms. The van der Waals surface area contributed by atoms with Crippen LogP contribution in [-0.2, 0) is 0 Å². The summed E-state index contributed by atoms with van der Waals surface area (Å²) in [6.45, 7) is 6.16. The molecule has 0 aromatic carbocycles. The van der Waals surface area contributed by atoms with Gasteiger partial charge in [-0.2, -0.15) is 0 Å². The summed E-state index contributed by atoms with van der Waals surface area (Å²) in [4.78, 5) is 0. The standard InChI is InChI=1S/C4H12BN2/c1-4(2,3)7-5-6/h7H,6H2,1-3H3. The first-order valence-corrected chi connectivity index (χ1v) is 2.37. The largest absolute Gasteiger partial charge is 0.360 e. The lowest BCUT2D eigenvalue weighted by Crippen LogP contribution is -2.42. The molecular formula is C4H12BN2. The van der Waals surface area contributed by atoms with Crippen molar-refractivity contribution in [1.29, 1.82) is 0 Å². The minimum Gasteiger partial charge on any atom is -0.360 e. The fraction of sp³-hybridized carbons (Fsp3) is 1.00. The predicted molar refractivity (Wildman–Crippen MR) is 32.8 cm³/mol. The van der Waals surface area contributed by atoms with Crippen molar-refractivity contribution >= 4 is 7.55 Å². The quantitative estimate of drug-likeness (QED) is 0.449. The van der Waals surface area contributed by atoms with E-state index in [0.29, 0.717) is 0 Å². The van der Waals surface area contributed by atoms with Crippen LogP contribution in [0.3, 0.4) is 0 Å². The van der Waals surface area contributed by atoms with E-state index in [1.807, 2.05) is 0 Å². The number of hydrogen-bond acceptors (Lipinski definition) is 2. The summed E-state index contributed by atoms with van der Waals surface area (Å²) in [5.41, 5.74) is 5.20. The summed E-state index contributed by atoms with van der Waals surface area (Å²) in [7, 11) is 1.46. The van der Waals surface area contributed by atoms with Crippen LogP contribution in [0.25, 0.3) is 0 Å². The highest BCUT2D eigenvalue weighted by Crippen LogP contribution is 1.94. The van der Waals surface area contributed by atoms with Gasteiger partial charge in [-0.05, 0) is 20.8 Å². The molecule has 0 spiro atoms. The fourth-order valence-corrected chi connectivity index (χ4v) is 0.250. The van der Waals surface area contributed by atoms with E-state index in [0.717, 1.165) is 0 Å². The van der Waals surface area contributed by atoms with Crippen molar-refractivity contribution in [2.45, 2.75) is 26.3 Å². The molecule has 0 aliphatic rings. The average molecular weight is 99.0 g/mol. The molecule has 2 nitrogen and oxygen atoms in total. The first-order valence-electron chi connectivity index (χ1n) is 2.37. The van der Waals surface area contributed by atoms with Crippen molar-refractivity contribution in [3.8, 4) is 0 Å². The third-order valence-electron chi connectivity index (χ3n) is 0.516. The number of nitrogens with one attached hydrogen (secondary N) is 1. The monoisotopic (exact) mass is 99.1 g/mol. The van der Waals surface area contributed by atoms with Crippen LogP contribution >= 0.6 is 0 Å². The van der Waals surface area contributed by atoms with Gasteiger partial charge in [0.05, 0.1) is 0 Å². The van der Waals surface area contributed by atoms with E-state index in [4.69, 9.17) is 5.64 Å². The third-order valence-corrected chi connectivity index (χ3v) is 0.516. The first kappa shape index (κ1) is 6.98. The summed E-state index contributed by atoms with van der Waals surface area (Å²) in [6, 6.07) is 0. The molecule has 7 heavy (non-hydrogen) atoms. The molecule has 0 aliphatic carbocycles. The van der Waals surface area contributed by atoms with E-state index in [1.165, 1.54) is 7.55 Å². The highest BCUT2D eigenvalue weighted by molar-refractivity contribution is 6.27. The molecule has 0 heterocycles. The molecule has 0 aliphatic heterocycles. The minimum atomic E-state index is 0.120. The Hall–Kier alpha value is -0.0151. The van der Waals surface area contributed by atoms with E-state index < -0.39 is 0 Å².